The van der Waals surface area contributed by atoms with Crippen LogP contribution >= 0.6 is 0 Å². The van der Waals surface area contributed by atoms with Crippen molar-refractivity contribution in [3.8, 4) is 17.2 Å². The van der Waals surface area contributed by atoms with Gasteiger partial charge in [-0.25, -0.2) is 0 Å². The first-order valence-corrected chi connectivity index (χ1v) is 6.26. The van der Waals surface area contributed by atoms with Crippen molar-refractivity contribution < 1.29 is 14.1 Å². The minimum atomic E-state index is -0.324. The molecule has 0 atom stereocenters. The molecule has 0 saturated heterocycles. The first kappa shape index (κ1) is 12.5. The maximum atomic E-state index is 11.8. The molecule has 1 aliphatic carbocycles. The molecule has 1 aliphatic rings. The molecule has 1 amide bonds. The number of nitrogens with two attached hydrogens (primary N) is 1. The van der Waals surface area contributed by atoms with Gasteiger partial charge in [-0.3, -0.25) is 4.79 Å². The minimum Gasteiger partial charge on any atom is -0.497 e. The molecule has 3 rings (SSSR count). The van der Waals surface area contributed by atoms with Crippen molar-refractivity contribution in [3.05, 3.63) is 24.0 Å². The Hall–Kier alpha value is -2.57. The molecule has 1 saturated carbocycles. The number of methoxy groups -OCH3 is 1. The third kappa shape index (κ3) is 2.42. The minimum absolute atomic E-state index is 0.0159. The Labute approximate surface area is 115 Å². The van der Waals surface area contributed by atoms with Crippen LogP contribution in [0.2, 0.25) is 0 Å². The molecule has 0 unspecified atom stereocenters. The second-order valence-electron chi connectivity index (χ2n) is 4.62. The van der Waals surface area contributed by atoms with Crippen molar-refractivity contribution in [2.45, 2.75) is 18.9 Å². The lowest BCUT2D eigenvalue weighted by atomic mass is 10.1. The van der Waals surface area contributed by atoms with E-state index in [0.29, 0.717) is 17.0 Å². The molecule has 0 bridgehead atoms. The number of nitrogen functional groups attached to an aromatic ring is 1. The molecule has 0 spiro atoms. The van der Waals surface area contributed by atoms with Crippen molar-refractivity contribution >= 4 is 11.6 Å². The van der Waals surface area contributed by atoms with Gasteiger partial charge in [0, 0.05) is 17.8 Å². The molecule has 7 nitrogen and oxygen atoms in total. The summed E-state index contributed by atoms with van der Waals surface area (Å²) >= 11 is 0. The van der Waals surface area contributed by atoms with Gasteiger partial charge in [0.1, 0.15) is 5.75 Å². The lowest BCUT2D eigenvalue weighted by Gasteiger charge is -2.03. The number of carbonyl (C=O) groups is 1. The Morgan fingerprint density at radius 1 is 1.50 bits per heavy atom. The third-order valence-corrected chi connectivity index (χ3v) is 3.03. The Morgan fingerprint density at radius 3 is 2.95 bits per heavy atom. The summed E-state index contributed by atoms with van der Waals surface area (Å²) in [6.45, 7) is 0. The highest BCUT2D eigenvalue weighted by atomic mass is 16.5. The van der Waals surface area contributed by atoms with Gasteiger partial charge in [0.2, 0.25) is 0 Å². The first-order valence-electron chi connectivity index (χ1n) is 6.26. The molecule has 2 aromatic rings. The molecule has 1 heterocycles. The lowest BCUT2D eigenvalue weighted by molar-refractivity contribution is 0.0937. The molecule has 1 aromatic heterocycles. The zero-order chi connectivity index (χ0) is 14.1. The van der Waals surface area contributed by atoms with Crippen LogP contribution in [0.4, 0.5) is 5.69 Å². The maximum absolute atomic E-state index is 11.8. The molecule has 1 aromatic carbocycles. The van der Waals surface area contributed by atoms with Crippen LogP contribution in [0.5, 0.6) is 5.75 Å². The fourth-order valence-corrected chi connectivity index (χ4v) is 1.77. The Kier molecular flexibility index (Phi) is 3.02. The van der Waals surface area contributed by atoms with Crippen molar-refractivity contribution in [1.29, 1.82) is 0 Å². The topological polar surface area (TPSA) is 103 Å². The number of nitrogens with zero attached hydrogens (tertiary/aromatic N) is 2. The Bertz CT molecular complexity index is 649. The lowest BCUT2D eigenvalue weighted by Crippen LogP contribution is -2.26. The highest BCUT2D eigenvalue weighted by molar-refractivity contribution is 5.91. The summed E-state index contributed by atoms with van der Waals surface area (Å²) in [5.41, 5.74) is 6.92. The highest BCUT2D eigenvalue weighted by Gasteiger charge is 2.26. The summed E-state index contributed by atoms with van der Waals surface area (Å²) in [5.74, 6) is 0.542. The van der Waals surface area contributed by atoms with E-state index in [4.69, 9.17) is 15.0 Å². The average molecular weight is 274 g/mol. The predicted octanol–water partition coefficient (Wildman–Crippen LogP) is 1.22. The fourth-order valence-electron chi connectivity index (χ4n) is 1.77. The second-order valence-corrected chi connectivity index (χ2v) is 4.62. The second kappa shape index (κ2) is 4.84. The fraction of sp³-hybridized carbons (Fsp3) is 0.308. The van der Waals surface area contributed by atoms with Gasteiger partial charge in [0.05, 0.1) is 12.7 Å². The van der Waals surface area contributed by atoms with Crippen molar-refractivity contribution in [2.24, 2.45) is 0 Å². The highest BCUT2D eigenvalue weighted by Crippen LogP contribution is 2.28. The number of hydrogen-bond acceptors (Lipinski definition) is 6. The Morgan fingerprint density at radius 2 is 2.30 bits per heavy atom. The number of aromatic nitrogens is 2. The molecule has 0 aliphatic heterocycles. The predicted molar refractivity (Wildman–Crippen MR) is 71.2 cm³/mol. The van der Waals surface area contributed by atoms with E-state index >= 15 is 0 Å². The number of nitrogens with one attached hydrogen (secondary N) is 1. The molecule has 7 heteroatoms. The van der Waals surface area contributed by atoms with Crippen LogP contribution < -0.4 is 15.8 Å². The molecule has 0 radical (unpaired) electrons. The summed E-state index contributed by atoms with van der Waals surface area (Å²) in [4.78, 5) is 15.8. The SMILES string of the molecule is COc1ccc(-c2nc(C(=O)NC3CC3)no2)c(N)c1. The van der Waals surface area contributed by atoms with Gasteiger partial charge in [0.25, 0.3) is 17.6 Å². The van der Waals surface area contributed by atoms with Gasteiger partial charge in [-0.05, 0) is 25.0 Å². The maximum Gasteiger partial charge on any atom is 0.292 e. The molecule has 104 valence electrons. The summed E-state index contributed by atoms with van der Waals surface area (Å²) < 4.78 is 10.2. The molecular formula is C13H14N4O3. The van der Waals surface area contributed by atoms with Crippen LogP contribution in [0, 0.1) is 0 Å². The standard InChI is InChI=1S/C13H14N4O3/c1-19-8-4-5-9(10(14)6-8)13-16-11(17-20-13)12(18)15-7-2-3-7/h4-7H,2-3,14H2,1H3,(H,15,18). The number of carbonyl (C=O) groups excluding carboxylic acids is 1. The average Bonchev–Trinajstić information content (AvgIpc) is 3.12. The van der Waals surface area contributed by atoms with E-state index in [2.05, 4.69) is 15.5 Å². The normalized spacial score (nSPS) is 14.1. The van der Waals surface area contributed by atoms with E-state index in [1.54, 1.807) is 25.3 Å². The van der Waals surface area contributed by atoms with E-state index in [9.17, 15) is 4.79 Å². The van der Waals surface area contributed by atoms with E-state index in [1.807, 2.05) is 0 Å². The van der Waals surface area contributed by atoms with Gasteiger partial charge < -0.3 is 20.3 Å². The zero-order valence-corrected chi connectivity index (χ0v) is 10.9. The molecule has 1 fully saturated rings. The molecule has 3 N–H and O–H groups in total. The van der Waals surface area contributed by atoms with Crippen molar-refractivity contribution in [2.75, 3.05) is 12.8 Å². The van der Waals surface area contributed by atoms with E-state index < -0.39 is 0 Å². The molecular weight excluding hydrogens is 260 g/mol. The summed E-state index contributed by atoms with van der Waals surface area (Å²) in [5, 5.41) is 6.46. The van der Waals surface area contributed by atoms with Gasteiger partial charge in [-0.1, -0.05) is 5.16 Å². The summed E-state index contributed by atoms with van der Waals surface area (Å²) in [6.07, 6.45) is 2.00. The number of amides is 1. The van der Waals surface area contributed by atoms with Crippen LogP contribution in [0.1, 0.15) is 23.5 Å². The van der Waals surface area contributed by atoms with Gasteiger partial charge >= 0.3 is 0 Å². The molecule has 20 heavy (non-hydrogen) atoms. The van der Waals surface area contributed by atoms with E-state index in [1.165, 1.54) is 0 Å². The van der Waals surface area contributed by atoms with E-state index in [-0.39, 0.29) is 23.7 Å². The van der Waals surface area contributed by atoms with Crippen LogP contribution in [-0.4, -0.2) is 29.2 Å². The van der Waals surface area contributed by atoms with Crippen molar-refractivity contribution in [3.63, 3.8) is 0 Å². The largest absolute Gasteiger partial charge is 0.497 e. The number of hydrogen-bond donors (Lipinski definition) is 2. The monoisotopic (exact) mass is 274 g/mol. The van der Waals surface area contributed by atoms with Crippen molar-refractivity contribution in [1.82, 2.24) is 15.5 Å². The quantitative estimate of drug-likeness (QED) is 0.812. The summed E-state index contributed by atoms with van der Waals surface area (Å²) in [6, 6.07) is 5.35. The van der Waals surface area contributed by atoms with Gasteiger partial charge in [0.15, 0.2) is 0 Å². The van der Waals surface area contributed by atoms with Crippen LogP contribution in [-0.2, 0) is 0 Å². The number of anilines is 1. The number of ether oxygens (including phenoxy) is 1. The smallest absolute Gasteiger partial charge is 0.292 e. The van der Waals surface area contributed by atoms with E-state index in [0.717, 1.165) is 12.8 Å². The first-order chi connectivity index (χ1) is 9.67. The number of rotatable bonds is 4. The number of benzene rings is 1. The van der Waals surface area contributed by atoms with Crippen LogP contribution in [0.25, 0.3) is 11.5 Å². The van der Waals surface area contributed by atoms with Gasteiger partial charge in [-0.2, -0.15) is 4.98 Å². The van der Waals surface area contributed by atoms with Crippen LogP contribution in [0.15, 0.2) is 22.7 Å². The van der Waals surface area contributed by atoms with Crippen LogP contribution in [0.3, 0.4) is 0 Å². The summed E-state index contributed by atoms with van der Waals surface area (Å²) in [7, 11) is 1.56. The van der Waals surface area contributed by atoms with Gasteiger partial charge in [-0.15, -0.1) is 0 Å². The zero-order valence-electron chi connectivity index (χ0n) is 10.9. The third-order valence-electron chi connectivity index (χ3n) is 3.03. The Balaban J connectivity index is 1.83.